The highest BCUT2D eigenvalue weighted by molar-refractivity contribution is 5.80. The van der Waals surface area contributed by atoms with Crippen molar-refractivity contribution in [2.75, 3.05) is 53.6 Å². The second-order valence-corrected chi connectivity index (χ2v) is 5.87. The van der Waals surface area contributed by atoms with Crippen molar-refractivity contribution < 1.29 is 14.2 Å². The number of methoxy groups -OCH3 is 2. The molecule has 1 aromatic heterocycles. The summed E-state index contributed by atoms with van der Waals surface area (Å²) in [6, 6.07) is 3.93. The first kappa shape index (κ1) is 17.0. The second kappa shape index (κ2) is 7.83. The summed E-state index contributed by atoms with van der Waals surface area (Å²) in [6.07, 6.45) is 0.752. The zero-order chi connectivity index (χ0) is 16.9. The van der Waals surface area contributed by atoms with Gasteiger partial charge in [-0.15, -0.1) is 0 Å². The van der Waals surface area contributed by atoms with E-state index in [1.165, 1.54) is 0 Å². The van der Waals surface area contributed by atoms with Crippen LogP contribution >= 0.6 is 0 Å². The van der Waals surface area contributed by atoms with Crippen LogP contribution in [0.5, 0.6) is 11.5 Å². The molecular weight excluding hydrogens is 308 g/mol. The summed E-state index contributed by atoms with van der Waals surface area (Å²) in [4.78, 5) is 7.17. The van der Waals surface area contributed by atoms with Gasteiger partial charge in [-0.3, -0.25) is 4.90 Å². The quantitative estimate of drug-likeness (QED) is 0.810. The predicted octanol–water partition coefficient (Wildman–Crippen LogP) is 0.887. The van der Waals surface area contributed by atoms with E-state index in [9.17, 15) is 0 Å². The van der Waals surface area contributed by atoms with E-state index >= 15 is 0 Å². The van der Waals surface area contributed by atoms with Crippen molar-refractivity contribution >= 4 is 11.0 Å². The van der Waals surface area contributed by atoms with Crippen LogP contribution in [0.4, 0.5) is 0 Å². The van der Waals surface area contributed by atoms with Crippen LogP contribution in [0.2, 0.25) is 0 Å². The zero-order valence-electron chi connectivity index (χ0n) is 14.5. The highest BCUT2D eigenvalue weighted by atomic mass is 16.5. The first-order valence-electron chi connectivity index (χ1n) is 8.38. The Morgan fingerprint density at radius 2 is 1.83 bits per heavy atom. The lowest BCUT2D eigenvalue weighted by molar-refractivity contribution is 0.0364. The lowest BCUT2D eigenvalue weighted by Gasteiger charge is -2.27. The first-order chi connectivity index (χ1) is 11.8. The molecule has 0 radical (unpaired) electrons. The van der Waals surface area contributed by atoms with Gasteiger partial charge in [0.25, 0.3) is 0 Å². The number of imidazole rings is 1. The maximum Gasteiger partial charge on any atom is 0.163 e. The summed E-state index contributed by atoms with van der Waals surface area (Å²) in [5.74, 6) is 2.43. The van der Waals surface area contributed by atoms with Gasteiger partial charge in [-0.2, -0.15) is 0 Å². The van der Waals surface area contributed by atoms with Gasteiger partial charge in [0.15, 0.2) is 11.5 Å². The molecule has 0 unspecified atom stereocenters. The van der Waals surface area contributed by atoms with Crippen molar-refractivity contribution in [1.29, 1.82) is 0 Å². The molecule has 132 valence electrons. The third kappa shape index (κ3) is 3.48. The van der Waals surface area contributed by atoms with Gasteiger partial charge in [0.2, 0.25) is 0 Å². The molecule has 0 atom stereocenters. The molecule has 1 aromatic carbocycles. The van der Waals surface area contributed by atoms with Crippen molar-refractivity contribution in [1.82, 2.24) is 14.5 Å². The van der Waals surface area contributed by atoms with E-state index in [-0.39, 0.29) is 0 Å². The number of hydrogen-bond donors (Lipinski definition) is 1. The summed E-state index contributed by atoms with van der Waals surface area (Å²) in [5.41, 5.74) is 7.75. The average Bonchev–Trinajstić information content (AvgIpc) is 2.96. The maximum absolute atomic E-state index is 5.77. The highest BCUT2D eigenvalue weighted by Crippen LogP contribution is 2.32. The van der Waals surface area contributed by atoms with Gasteiger partial charge in [-0.1, -0.05) is 0 Å². The highest BCUT2D eigenvalue weighted by Gasteiger charge is 2.16. The fraction of sp³-hybridized carbons (Fsp3) is 0.588. The monoisotopic (exact) mass is 334 g/mol. The molecule has 1 saturated heterocycles. The molecule has 2 aromatic rings. The molecule has 1 aliphatic heterocycles. The van der Waals surface area contributed by atoms with Crippen LogP contribution in [0.1, 0.15) is 5.82 Å². The van der Waals surface area contributed by atoms with E-state index in [0.29, 0.717) is 12.3 Å². The van der Waals surface area contributed by atoms with Gasteiger partial charge in [-0.25, -0.2) is 4.98 Å². The normalized spacial score (nSPS) is 15.8. The fourth-order valence-corrected chi connectivity index (χ4v) is 3.14. The molecule has 0 saturated carbocycles. The van der Waals surface area contributed by atoms with Crippen LogP contribution in [-0.4, -0.2) is 68.1 Å². The third-order valence-electron chi connectivity index (χ3n) is 4.44. The van der Waals surface area contributed by atoms with Crippen molar-refractivity contribution in [2.24, 2.45) is 5.73 Å². The van der Waals surface area contributed by atoms with Crippen LogP contribution in [0, 0.1) is 0 Å². The molecule has 2 N–H and O–H groups in total. The lowest BCUT2D eigenvalue weighted by Crippen LogP contribution is -2.38. The Morgan fingerprint density at radius 1 is 1.12 bits per heavy atom. The van der Waals surface area contributed by atoms with Crippen LogP contribution in [-0.2, 0) is 17.7 Å². The van der Waals surface area contributed by atoms with Crippen molar-refractivity contribution in [3.63, 3.8) is 0 Å². The number of fused-ring (bicyclic) bond motifs is 1. The van der Waals surface area contributed by atoms with E-state index in [0.717, 1.165) is 68.4 Å². The van der Waals surface area contributed by atoms with Crippen molar-refractivity contribution in [3.8, 4) is 11.5 Å². The molecule has 0 spiro atoms. The Hall–Kier alpha value is -1.83. The van der Waals surface area contributed by atoms with Gasteiger partial charge in [0, 0.05) is 44.7 Å². The number of aromatic nitrogens is 2. The summed E-state index contributed by atoms with van der Waals surface area (Å²) >= 11 is 0. The van der Waals surface area contributed by atoms with E-state index in [4.69, 9.17) is 24.9 Å². The Kier molecular flexibility index (Phi) is 5.55. The maximum atomic E-state index is 5.77. The molecular formula is C17H26N4O3. The van der Waals surface area contributed by atoms with Gasteiger partial charge < -0.3 is 24.5 Å². The number of ether oxygens (including phenoxy) is 3. The zero-order valence-corrected chi connectivity index (χ0v) is 14.5. The molecule has 0 bridgehead atoms. The average molecular weight is 334 g/mol. The van der Waals surface area contributed by atoms with Crippen LogP contribution in [0.15, 0.2) is 12.1 Å². The minimum absolute atomic E-state index is 0.579. The minimum atomic E-state index is 0.579. The third-order valence-corrected chi connectivity index (χ3v) is 4.44. The predicted molar refractivity (Wildman–Crippen MR) is 92.9 cm³/mol. The Bertz CT molecular complexity index is 680. The van der Waals surface area contributed by atoms with Crippen LogP contribution in [0.25, 0.3) is 11.0 Å². The molecule has 1 fully saturated rings. The van der Waals surface area contributed by atoms with Crippen LogP contribution < -0.4 is 15.2 Å². The lowest BCUT2D eigenvalue weighted by atomic mass is 10.2. The Labute approximate surface area is 142 Å². The first-order valence-corrected chi connectivity index (χ1v) is 8.38. The van der Waals surface area contributed by atoms with E-state index in [1.54, 1.807) is 14.2 Å². The van der Waals surface area contributed by atoms with E-state index < -0.39 is 0 Å². The molecule has 1 aliphatic rings. The number of benzene rings is 1. The summed E-state index contributed by atoms with van der Waals surface area (Å²) in [6.45, 7) is 6.01. The smallest absolute Gasteiger partial charge is 0.163 e. The fourth-order valence-electron chi connectivity index (χ4n) is 3.14. The van der Waals surface area contributed by atoms with Gasteiger partial charge in [-0.05, 0) is 6.54 Å². The molecule has 24 heavy (non-hydrogen) atoms. The largest absolute Gasteiger partial charge is 0.493 e. The van der Waals surface area contributed by atoms with E-state index in [2.05, 4.69) is 9.47 Å². The topological polar surface area (TPSA) is 74.8 Å². The number of hydrogen-bond acceptors (Lipinski definition) is 6. The molecule has 0 aliphatic carbocycles. The van der Waals surface area contributed by atoms with Crippen molar-refractivity contribution in [2.45, 2.75) is 13.0 Å². The minimum Gasteiger partial charge on any atom is -0.493 e. The van der Waals surface area contributed by atoms with Gasteiger partial charge in [0.05, 0.1) is 38.5 Å². The van der Waals surface area contributed by atoms with Gasteiger partial charge in [0.1, 0.15) is 5.82 Å². The summed E-state index contributed by atoms with van der Waals surface area (Å²) < 4.78 is 18.5. The Morgan fingerprint density at radius 3 is 2.50 bits per heavy atom. The number of morpholine rings is 1. The Balaban J connectivity index is 1.91. The number of rotatable bonds is 7. The standard InChI is InChI=1S/C17H26N4O3/c1-22-15-11-13-14(12-16(15)23-2)21(17(19-13)3-4-18)6-5-20-7-9-24-10-8-20/h11-12H,3-10,18H2,1-2H3. The van der Waals surface area contributed by atoms with E-state index in [1.807, 2.05) is 12.1 Å². The number of nitrogens with two attached hydrogens (primary N) is 1. The summed E-state index contributed by atoms with van der Waals surface area (Å²) in [7, 11) is 3.29. The number of nitrogens with zero attached hydrogens (tertiary/aromatic N) is 3. The molecule has 2 heterocycles. The molecule has 7 heteroatoms. The molecule has 7 nitrogen and oxygen atoms in total. The second-order valence-electron chi connectivity index (χ2n) is 5.87. The van der Waals surface area contributed by atoms with Crippen LogP contribution in [0.3, 0.4) is 0 Å². The van der Waals surface area contributed by atoms with Crippen molar-refractivity contribution in [3.05, 3.63) is 18.0 Å². The van der Waals surface area contributed by atoms with Gasteiger partial charge >= 0.3 is 0 Å². The SMILES string of the molecule is COc1cc2nc(CCN)n(CCN3CCOCC3)c2cc1OC. The molecule has 0 amide bonds. The summed E-state index contributed by atoms with van der Waals surface area (Å²) in [5, 5.41) is 0. The molecule has 3 rings (SSSR count).